The molecule has 1 unspecified atom stereocenters. The highest BCUT2D eigenvalue weighted by Gasteiger charge is 2.13. The summed E-state index contributed by atoms with van der Waals surface area (Å²) in [5.74, 6) is 0.207. The van der Waals surface area contributed by atoms with Gasteiger partial charge in [0.2, 0.25) is 5.91 Å². The quantitative estimate of drug-likeness (QED) is 0.645. The molecule has 0 saturated heterocycles. The second-order valence-electron chi connectivity index (χ2n) is 5.95. The summed E-state index contributed by atoms with van der Waals surface area (Å²) < 4.78 is 1.81. The van der Waals surface area contributed by atoms with Crippen LogP contribution in [0, 0.1) is 6.92 Å². The first kappa shape index (κ1) is 18.5. The summed E-state index contributed by atoms with van der Waals surface area (Å²) in [4.78, 5) is 12.3. The van der Waals surface area contributed by atoms with Gasteiger partial charge < -0.3 is 5.32 Å². The molecule has 3 rings (SSSR count). The summed E-state index contributed by atoms with van der Waals surface area (Å²) in [5, 5.41) is 12.3. The molecule has 0 bridgehead atoms. The number of hydrogen-bond donors (Lipinski definition) is 1. The molecule has 0 aliphatic heterocycles. The summed E-state index contributed by atoms with van der Waals surface area (Å²) in [6, 6.07) is 15.5. The van der Waals surface area contributed by atoms with E-state index < -0.39 is 0 Å². The van der Waals surface area contributed by atoms with Gasteiger partial charge in [0.15, 0.2) is 5.16 Å². The largest absolute Gasteiger partial charge is 0.349 e. The summed E-state index contributed by atoms with van der Waals surface area (Å²) in [7, 11) is 0. The molecule has 1 N–H and O–H groups in total. The smallest absolute Gasteiger partial charge is 0.230 e. The van der Waals surface area contributed by atoms with Crippen molar-refractivity contribution in [2.75, 3.05) is 5.75 Å². The molecule has 3 aromatic rings. The van der Waals surface area contributed by atoms with Gasteiger partial charge >= 0.3 is 0 Å². The number of thioether (sulfide) groups is 1. The van der Waals surface area contributed by atoms with Gasteiger partial charge in [-0.25, -0.2) is 0 Å². The molecule has 0 spiro atoms. The molecule has 0 saturated carbocycles. The highest BCUT2D eigenvalue weighted by molar-refractivity contribution is 7.99. The van der Waals surface area contributed by atoms with Crippen molar-refractivity contribution in [1.82, 2.24) is 20.1 Å². The van der Waals surface area contributed by atoms with E-state index in [0.717, 1.165) is 11.3 Å². The summed E-state index contributed by atoms with van der Waals surface area (Å²) >= 11 is 7.38. The Bertz CT molecular complexity index is 895. The van der Waals surface area contributed by atoms with Crippen LogP contribution in [0.4, 0.5) is 0 Å². The van der Waals surface area contributed by atoms with Gasteiger partial charge in [-0.1, -0.05) is 59.3 Å². The minimum absolute atomic E-state index is 0.0468. The van der Waals surface area contributed by atoms with Crippen molar-refractivity contribution in [3.63, 3.8) is 0 Å². The molecule has 0 aliphatic carbocycles. The van der Waals surface area contributed by atoms with Crippen LogP contribution >= 0.6 is 23.4 Å². The van der Waals surface area contributed by atoms with Crippen LogP contribution in [0.25, 0.3) is 5.69 Å². The molecule has 1 atom stereocenters. The first-order valence-electron chi connectivity index (χ1n) is 8.17. The van der Waals surface area contributed by atoms with Crippen molar-refractivity contribution in [2.45, 2.75) is 25.0 Å². The Morgan fingerprint density at radius 3 is 2.77 bits per heavy atom. The van der Waals surface area contributed by atoms with Gasteiger partial charge in [-0.3, -0.25) is 9.36 Å². The molecule has 5 nitrogen and oxygen atoms in total. The van der Waals surface area contributed by atoms with Gasteiger partial charge in [0, 0.05) is 5.02 Å². The molecular weight excluding hydrogens is 368 g/mol. The van der Waals surface area contributed by atoms with Gasteiger partial charge in [-0.2, -0.15) is 0 Å². The molecule has 7 heteroatoms. The molecule has 134 valence electrons. The van der Waals surface area contributed by atoms with E-state index in [1.807, 2.05) is 66.9 Å². The monoisotopic (exact) mass is 386 g/mol. The third-order valence-electron chi connectivity index (χ3n) is 3.89. The lowest BCUT2D eigenvalue weighted by Gasteiger charge is -2.14. The van der Waals surface area contributed by atoms with E-state index in [2.05, 4.69) is 15.5 Å². The topological polar surface area (TPSA) is 59.8 Å². The first-order valence-corrected chi connectivity index (χ1v) is 9.54. The lowest BCUT2D eigenvalue weighted by molar-refractivity contribution is -0.119. The first-order chi connectivity index (χ1) is 12.5. The lowest BCUT2D eigenvalue weighted by Crippen LogP contribution is -2.28. The molecule has 1 heterocycles. The van der Waals surface area contributed by atoms with E-state index in [4.69, 9.17) is 11.6 Å². The van der Waals surface area contributed by atoms with Crippen LogP contribution in [0.3, 0.4) is 0 Å². The van der Waals surface area contributed by atoms with Crippen LogP contribution < -0.4 is 5.32 Å². The predicted molar refractivity (Wildman–Crippen MR) is 105 cm³/mol. The number of benzene rings is 2. The van der Waals surface area contributed by atoms with Crippen molar-refractivity contribution >= 4 is 29.3 Å². The standard InChI is InChI=1S/C19H19ClN4OS/c1-13-6-8-15(9-7-13)14(2)22-18(25)11-26-19-23-21-12-24(19)17-5-3-4-16(20)10-17/h3-10,12,14H,11H2,1-2H3,(H,22,25). The third-order valence-corrected chi connectivity index (χ3v) is 5.07. The number of hydrogen-bond acceptors (Lipinski definition) is 4. The zero-order valence-electron chi connectivity index (χ0n) is 14.5. The number of nitrogens with one attached hydrogen (secondary N) is 1. The third kappa shape index (κ3) is 4.65. The molecule has 0 fully saturated rings. The Morgan fingerprint density at radius 2 is 2.04 bits per heavy atom. The van der Waals surface area contributed by atoms with E-state index in [1.165, 1.54) is 17.3 Å². The van der Waals surface area contributed by atoms with Crippen molar-refractivity contribution < 1.29 is 4.79 Å². The van der Waals surface area contributed by atoms with Crippen LogP contribution in [0.2, 0.25) is 5.02 Å². The van der Waals surface area contributed by atoms with Gasteiger partial charge in [-0.15, -0.1) is 10.2 Å². The maximum atomic E-state index is 12.3. The number of rotatable bonds is 6. The van der Waals surface area contributed by atoms with E-state index in [1.54, 1.807) is 6.33 Å². The average molecular weight is 387 g/mol. The molecular formula is C19H19ClN4OS. The maximum Gasteiger partial charge on any atom is 0.230 e. The van der Waals surface area contributed by atoms with Crippen molar-refractivity contribution in [2.24, 2.45) is 0 Å². The zero-order chi connectivity index (χ0) is 18.5. The van der Waals surface area contributed by atoms with E-state index in [9.17, 15) is 4.79 Å². The van der Waals surface area contributed by atoms with Gasteiger partial charge in [0.05, 0.1) is 17.5 Å². The molecule has 1 amide bonds. The number of carbonyl (C=O) groups is 1. The molecule has 26 heavy (non-hydrogen) atoms. The molecule has 0 radical (unpaired) electrons. The Labute approximate surface area is 161 Å². The molecule has 0 aliphatic rings. The summed E-state index contributed by atoms with van der Waals surface area (Å²) in [6.07, 6.45) is 1.61. The second kappa shape index (κ2) is 8.38. The van der Waals surface area contributed by atoms with Crippen molar-refractivity contribution in [3.8, 4) is 5.69 Å². The van der Waals surface area contributed by atoms with Gasteiger partial charge in [0.1, 0.15) is 6.33 Å². The van der Waals surface area contributed by atoms with E-state index >= 15 is 0 Å². The van der Waals surface area contributed by atoms with E-state index in [-0.39, 0.29) is 17.7 Å². The summed E-state index contributed by atoms with van der Waals surface area (Å²) in [6.45, 7) is 4.02. The minimum Gasteiger partial charge on any atom is -0.349 e. The Kier molecular flexibility index (Phi) is 5.96. The molecule has 1 aromatic heterocycles. The van der Waals surface area contributed by atoms with Crippen LogP contribution in [-0.2, 0) is 4.79 Å². The average Bonchev–Trinajstić information content (AvgIpc) is 3.09. The fraction of sp³-hybridized carbons (Fsp3) is 0.211. The van der Waals surface area contributed by atoms with Crippen LogP contribution in [0.15, 0.2) is 60.0 Å². The maximum absolute atomic E-state index is 12.3. The highest BCUT2D eigenvalue weighted by Crippen LogP contribution is 2.22. The predicted octanol–water partition coefficient (Wildman–Crippen LogP) is 4.20. The fourth-order valence-corrected chi connectivity index (χ4v) is 3.40. The number of amides is 1. The Balaban J connectivity index is 1.60. The number of aromatic nitrogens is 3. The second-order valence-corrected chi connectivity index (χ2v) is 7.33. The normalized spacial score (nSPS) is 12.0. The van der Waals surface area contributed by atoms with Crippen molar-refractivity contribution in [3.05, 3.63) is 71.0 Å². The number of halogens is 1. The minimum atomic E-state index is -0.0521. The fourth-order valence-electron chi connectivity index (χ4n) is 2.48. The van der Waals surface area contributed by atoms with Crippen LogP contribution in [-0.4, -0.2) is 26.4 Å². The molecule has 2 aromatic carbocycles. The Hall–Kier alpha value is -2.31. The zero-order valence-corrected chi connectivity index (χ0v) is 16.1. The van der Waals surface area contributed by atoms with Crippen LogP contribution in [0.5, 0.6) is 0 Å². The van der Waals surface area contributed by atoms with Crippen molar-refractivity contribution in [1.29, 1.82) is 0 Å². The Morgan fingerprint density at radius 1 is 1.27 bits per heavy atom. The van der Waals surface area contributed by atoms with Gasteiger partial charge in [0.25, 0.3) is 0 Å². The highest BCUT2D eigenvalue weighted by atomic mass is 35.5. The van der Waals surface area contributed by atoms with Gasteiger partial charge in [-0.05, 0) is 37.6 Å². The van der Waals surface area contributed by atoms with Crippen LogP contribution in [0.1, 0.15) is 24.1 Å². The summed E-state index contributed by atoms with van der Waals surface area (Å²) in [5.41, 5.74) is 3.14. The van der Waals surface area contributed by atoms with E-state index in [0.29, 0.717) is 10.2 Å². The number of carbonyl (C=O) groups excluding carboxylic acids is 1. The number of aryl methyl sites for hydroxylation is 1. The SMILES string of the molecule is Cc1ccc(C(C)NC(=O)CSc2nncn2-c2cccc(Cl)c2)cc1. The number of nitrogens with zero attached hydrogens (tertiary/aromatic N) is 3. The lowest BCUT2D eigenvalue weighted by atomic mass is 10.1.